The molecule has 1 aliphatic rings. The van der Waals surface area contributed by atoms with Crippen molar-refractivity contribution in [3.05, 3.63) is 36.2 Å². The van der Waals surface area contributed by atoms with Gasteiger partial charge in [-0.2, -0.15) is 0 Å². The zero-order valence-electron chi connectivity index (χ0n) is 11.8. The summed E-state index contributed by atoms with van der Waals surface area (Å²) in [5.74, 6) is 0.743. The van der Waals surface area contributed by atoms with Crippen LogP contribution in [0.2, 0.25) is 0 Å². The predicted octanol–water partition coefficient (Wildman–Crippen LogP) is 3.49. The van der Waals surface area contributed by atoms with Gasteiger partial charge in [-0.1, -0.05) is 19.6 Å². The summed E-state index contributed by atoms with van der Waals surface area (Å²) in [4.78, 5) is 14.5. The smallest absolute Gasteiger partial charge is 0.255 e. The molecule has 2 rings (SSSR count). The average molecular weight is 258 g/mol. The van der Waals surface area contributed by atoms with E-state index in [9.17, 15) is 4.79 Å². The van der Waals surface area contributed by atoms with Crippen molar-refractivity contribution in [1.29, 1.82) is 0 Å². The van der Waals surface area contributed by atoms with E-state index >= 15 is 0 Å². The summed E-state index contributed by atoms with van der Waals surface area (Å²) in [6.07, 6.45) is 9.87. The van der Waals surface area contributed by atoms with E-state index in [1.165, 1.54) is 6.42 Å². The molecule has 19 heavy (non-hydrogen) atoms. The van der Waals surface area contributed by atoms with Gasteiger partial charge in [0.1, 0.15) is 0 Å². The number of piperidine rings is 1. The number of amides is 1. The van der Waals surface area contributed by atoms with Gasteiger partial charge in [0.2, 0.25) is 0 Å². The Morgan fingerprint density at radius 3 is 2.95 bits per heavy atom. The van der Waals surface area contributed by atoms with E-state index in [0.717, 1.165) is 30.8 Å². The van der Waals surface area contributed by atoms with Crippen LogP contribution in [-0.2, 0) is 0 Å². The minimum absolute atomic E-state index is 0.137. The Morgan fingerprint density at radius 2 is 2.32 bits per heavy atom. The molecule has 0 spiro atoms. The fourth-order valence-electron chi connectivity index (χ4n) is 2.63. The summed E-state index contributed by atoms with van der Waals surface area (Å²) in [5.41, 5.74) is 1.74. The standard InChI is InChI=1S/C16H22N2O/c1-4-7-15-10-14(12-17(15)5-2)16(19)18-9-6-8-13(3)11-18/h4-5,7,10,12-13H,2,6,8-9,11H2,1,3H3. The Bertz CT molecular complexity index is 499. The van der Waals surface area contributed by atoms with Crippen molar-refractivity contribution in [2.45, 2.75) is 26.7 Å². The van der Waals surface area contributed by atoms with Crippen LogP contribution in [-0.4, -0.2) is 28.5 Å². The van der Waals surface area contributed by atoms with Gasteiger partial charge in [-0.15, -0.1) is 0 Å². The molecular formula is C16H22N2O. The normalized spacial score (nSPS) is 19.9. The Hall–Kier alpha value is -1.77. The number of likely N-dealkylation sites (tertiary alicyclic amines) is 1. The molecule has 1 unspecified atom stereocenters. The summed E-state index contributed by atoms with van der Waals surface area (Å²) in [6.45, 7) is 9.70. The van der Waals surface area contributed by atoms with Crippen LogP contribution in [0.15, 0.2) is 24.9 Å². The van der Waals surface area contributed by atoms with Gasteiger partial charge in [-0.05, 0) is 37.8 Å². The molecule has 1 aliphatic heterocycles. The number of rotatable bonds is 3. The van der Waals surface area contributed by atoms with Gasteiger partial charge in [0.05, 0.1) is 5.56 Å². The van der Waals surface area contributed by atoms with Gasteiger partial charge in [-0.3, -0.25) is 4.79 Å². The van der Waals surface area contributed by atoms with Crippen molar-refractivity contribution < 1.29 is 4.79 Å². The molecule has 0 aromatic carbocycles. The first-order chi connectivity index (χ1) is 9.15. The molecule has 1 aromatic heterocycles. The molecule has 1 fully saturated rings. The quantitative estimate of drug-likeness (QED) is 0.814. The third kappa shape index (κ3) is 2.98. The number of aromatic nitrogens is 1. The number of hydrogen-bond acceptors (Lipinski definition) is 1. The van der Waals surface area contributed by atoms with Gasteiger partial charge in [0.15, 0.2) is 0 Å². The number of nitrogens with zero attached hydrogens (tertiary/aromatic N) is 2. The van der Waals surface area contributed by atoms with Crippen LogP contribution in [0.25, 0.3) is 12.3 Å². The van der Waals surface area contributed by atoms with Crippen molar-refractivity contribution in [1.82, 2.24) is 9.47 Å². The molecule has 0 N–H and O–H groups in total. The van der Waals surface area contributed by atoms with E-state index in [-0.39, 0.29) is 5.91 Å². The van der Waals surface area contributed by atoms with E-state index in [4.69, 9.17) is 0 Å². The van der Waals surface area contributed by atoms with E-state index < -0.39 is 0 Å². The Labute approximate surface area is 115 Å². The van der Waals surface area contributed by atoms with Crippen LogP contribution in [0.3, 0.4) is 0 Å². The summed E-state index contributed by atoms with van der Waals surface area (Å²) >= 11 is 0. The summed E-state index contributed by atoms with van der Waals surface area (Å²) < 4.78 is 1.89. The Kier molecular flexibility index (Phi) is 4.25. The number of allylic oxidation sites excluding steroid dienone is 1. The van der Waals surface area contributed by atoms with Crippen LogP contribution in [0.4, 0.5) is 0 Å². The second-order valence-corrected chi connectivity index (χ2v) is 5.24. The lowest BCUT2D eigenvalue weighted by Gasteiger charge is -2.30. The molecule has 3 heteroatoms. The molecule has 2 heterocycles. The molecule has 1 saturated heterocycles. The van der Waals surface area contributed by atoms with Crippen LogP contribution in [0, 0.1) is 5.92 Å². The lowest BCUT2D eigenvalue weighted by atomic mass is 10.00. The number of carbonyl (C=O) groups excluding carboxylic acids is 1. The van der Waals surface area contributed by atoms with Gasteiger partial charge in [-0.25, -0.2) is 0 Å². The average Bonchev–Trinajstić information content (AvgIpc) is 2.81. The molecule has 0 bridgehead atoms. The highest BCUT2D eigenvalue weighted by atomic mass is 16.2. The van der Waals surface area contributed by atoms with Crippen LogP contribution in [0.5, 0.6) is 0 Å². The molecular weight excluding hydrogens is 236 g/mol. The van der Waals surface area contributed by atoms with Gasteiger partial charge >= 0.3 is 0 Å². The topological polar surface area (TPSA) is 25.2 Å². The van der Waals surface area contributed by atoms with Gasteiger partial charge < -0.3 is 9.47 Å². The Morgan fingerprint density at radius 1 is 1.53 bits per heavy atom. The van der Waals surface area contributed by atoms with Crippen LogP contribution < -0.4 is 0 Å². The molecule has 3 nitrogen and oxygen atoms in total. The molecule has 0 saturated carbocycles. The van der Waals surface area contributed by atoms with E-state index in [1.807, 2.05) is 40.8 Å². The highest BCUT2D eigenvalue weighted by Gasteiger charge is 2.23. The molecule has 0 aliphatic carbocycles. The molecule has 1 atom stereocenters. The van der Waals surface area contributed by atoms with Crippen molar-refractivity contribution in [2.75, 3.05) is 13.1 Å². The number of hydrogen-bond donors (Lipinski definition) is 0. The Balaban J connectivity index is 2.21. The van der Waals surface area contributed by atoms with Crippen LogP contribution in [0.1, 0.15) is 42.7 Å². The minimum atomic E-state index is 0.137. The maximum atomic E-state index is 12.5. The summed E-state index contributed by atoms with van der Waals surface area (Å²) in [5, 5.41) is 0. The molecule has 102 valence electrons. The molecule has 1 aromatic rings. The second-order valence-electron chi connectivity index (χ2n) is 5.24. The lowest BCUT2D eigenvalue weighted by molar-refractivity contribution is 0.0683. The van der Waals surface area contributed by atoms with E-state index in [0.29, 0.717) is 5.92 Å². The van der Waals surface area contributed by atoms with Gasteiger partial charge in [0, 0.05) is 31.2 Å². The maximum absolute atomic E-state index is 12.5. The maximum Gasteiger partial charge on any atom is 0.255 e. The minimum Gasteiger partial charge on any atom is -0.338 e. The van der Waals surface area contributed by atoms with Crippen molar-refractivity contribution >= 4 is 18.2 Å². The zero-order valence-corrected chi connectivity index (χ0v) is 11.8. The fraction of sp³-hybridized carbons (Fsp3) is 0.438. The second kappa shape index (κ2) is 5.91. The van der Waals surface area contributed by atoms with E-state index in [2.05, 4.69) is 13.5 Å². The summed E-state index contributed by atoms with van der Waals surface area (Å²) in [6, 6.07) is 1.93. The van der Waals surface area contributed by atoms with Crippen molar-refractivity contribution in [2.24, 2.45) is 5.92 Å². The zero-order chi connectivity index (χ0) is 13.8. The first kappa shape index (κ1) is 13.7. The van der Waals surface area contributed by atoms with Gasteiger partial charge in [0.25, 0.3) is 5.91 Å². The monoisotopic (exact) mass is 258 g/mol. The van der Waals surface area contributed by atoms with E-state index in [1.54, 1.807) is 6.20 Å². The highest BCUT2D eigenvalue weighted by molar-refractivity contribution is 5.95. The van der Waals surface area contributed by atoms with Crippen LogP contribution >= 0.6 is 0 Å². The molecule has 0 radical (unpaired) electrons. The number of carbonyl (C=O) groups is 1. The van der Waals surface area contributed by atoms with Crippen molar-refractivity contribution in [3.63, 3.8) is 0 Å². The van der Waals surface area contributed by atoms with Crippen molar-refractivity contribution in [3.8, 4) is 0 Å². The first-order valence-electron chi connectivity index (χ1n) is 6.92. The fourth-order valence-corrected chi connectivity index (χ4v) is 2.63. The third-order valence-electron chi connectivity index (χ3n) is 3.61. The predicted molar refractivity (Wildman–Crippen MR) is 79.8 cm³/mol. The highest BCUT2D eigenvalue weighted by Crippen LogP contribution is 2.19. The first-order valence-corrected chi connectivity index (χ1v) is 6.92. The summed E-state index contributed by atoms with van der Waals surface area (Å²) in [7, 11) is 0. The largest absolute Gasteiger partial charge is 0.338 e. The molecule has 1 amide bonds. The third-order valence-corrected chi connectivity index (χ3v) is 3.61. The SMILES string of the molecule is C=Cn1cc(C(=O)N2CCCC(C)C2)cc1C=CC. The lowest BCUT2D eigenvalue weighted by Crippen LogP contribution is -2.38.